The van der Waals surface area contributed by atoms with Crippen molar-refractivity contribution in [1.82, 2.24) is 4.98 Å². The summed E-state index contributed by atoms with van der Waals surface area (Å²) < 4.78 is 27.6. The minimum absolute atomic E-state index is 0.0442. The van der Waals surface area contributed by atoms with Crippen LogP contribution in [0.4, 0.5) is 5.69 Å². The van der Waals surface area contributed by atoms with Crippen LogP contribution in [0.25, 0.3) is 0 Å². The number of aryl methyl sites for hydroxylation is 2. The van der Waals surface area contributed by atoms with Gasteiger partial charge in [-0.3, -0.25) is 9.71 Å². The number of benzene rings is 1. The van der Waals surface area contributed by atoms with Gasteiger partial charge in [0.25, 0.3) is 0 Å². The summed E-state index contributed by atoms with van der Waals surface area (Å²) in [6.07, 6.45) is 3.78. The van der Waals surface area contributed by atoms with Gasteiger partial charge in [-0.1, -0.05) is 15.9 Å². The second kappa shape index (κ2) is 6.37. The first-order chi connectivity index (χ1) is 9.44. The summed E-state index contributed by atoms with van der Waals surface area (Å²) in [4.78, 5) is 3.91. The van der Waals surface area contributed by atoms with Gasteiger partial charge in [0.15, 0.2) is 0 Å². The lowest BCUT2D eigenvalue weighted by Gasteiger charge is -2.09. The molecule has 4 nitrogen and oxygen atoms in total. The van der Waals surface area contributed by atoms with Gasteiger partial charge in [0, 0.05) is 22.6 Å². The highest BCUT2D eigenvalue weighted by atomic mass is 79.9. The van der Waals surface area contributed by atoms with E-state index in [-0.39, 0.29) is 5.75 Å². The molecule has 0 saturated carbocycles. The molecular weight excluding hydrogens is 340 g/mol. The van der Waals surface area contributed by atoms with Crippen LogP contribution in [0.1, 0.15) is 11.1 Å². The molecule has 0 aliphatic heterocycles. The molecule has 6 heteroatoms. The third-order valence-electron chi connectivity index (χ3n) is 2.72. The van der Waals surface area contributed by atoms with Gasteiger partial charge >= 0.3 is 0 Å². The molecule has 2 aromatic rings. The highest BCUT2D eigenvalue weighted by molar-refractivity contribution is 9.10. The molecule has 106 valence electrons. The lowest BCUT2D eigenvalue weighted by atomic mass is 10.2. The zero-order chi connectivity index (χ0) is 14.6. The van der Waals surface area contributed by atoms with Gasteiger partial charge < -0.3 is 0 Å². The zero-order valence-corrected chi connectivity index (χ0v) is 13.4. The van der Waals surface area contributed by atoms with Crippen LogP contribution in [0, 0.1) is 6.92 Å². The highest BCUT2D eigenvalue weighted by Crippen LogP contribution is 2.20. The Balaban J connectivity index is 2.04. The number of hydrogen-bond donors (Lipinski definition) is 1. The molecule has 0 radical (unpaired) electrons. The maximum absolute atomic E-state index is 12.1. The molecule has 2 rings (SSSR count). The summed E-state index contributed by atoms with van der Waals surface area (Å²) in [6.45, 7) is 1.92. The van der Waals surface area contributed by atoms with E-state index >= 15 is 0 Å². The largest absolute Gasteiger partial charge is 0.283 e. The first kappa shape index (κ1) is 15.0. The fraction of sp³-hybridized carbons (Fsp3) is 0.214. The summed E-state index contributed by atoms with van der Waals surface area (Å²) in [6, 6.07) is 9.11. The van der Waals surface area contributed by atoms with Crippen molar-refractivity contribution >= 4 is 31.6 Å². The first-order valence-electron chi connectivity index (χ1n) is 6.11. The molecule has 1 aromatic heterocycles. The number of hydrogen-bond acceptors (Lipinski definition) is 3. The summed E-state index contributed by atoms with van der Waals surface area (Å²) in [5.74, 6) is 0.0442. The van der Waals surface area contributed by atoms with Crippen LogP contribution in [0.2, 0.25) is 0 Å². The standard InChI is InChI=1S/C14H15BrN2O2S/c1-11-8-13(15)10-14(9-11)17-20(18,19)7-4-12-2-5-16-6-3-12/h2-3,5-6,8-10,17H,4,7H2,1H3. The van der Waals surface area contributed by atoms with Crippen LogP contribution < -0.4 is 4.72 Å². The SMILES string of the molecule is Cc1cc(Br)cc(NS(=O)(=O)CCc2ccncc2)c1. The summed E-state index contributed by atoms with van der Waals surface area (Å²) in [5.41, 5.74) is 2.52. The molecule has 0 amide bonds. The number of anilines is 1. The Morgan fingerprint density at radius 1 is 1.20 bits per heavy atom. The fourth-order valence-corrected chi connectivity index (χ4v) is 3.52. The molecular formula is C14H15BrN2O2S. The van der Waals surface area contributed by atoms with Gasteiger partial charge in [0.2, 0.25) is 10.0 Å². The van der Waals surface area contributed by atoms with Crippen LogP contribution in [-0.2, 0) is 16.4 Å². The molecule has 0 fully saturated rings. The molecule has 0 bridgehead atoms. The molecule has 1 aromatic carbocycles. The van der Waals surface area contributed by atoms with E-state index in [0.717, 1.165) is 15.6 Å². The second-order valence-electron chi connectivity index (χ2n) is 4.54. The average Bonchev–Trinajstić information content (AvgIpc) is 2.36. The van der Waals surface area contributed by atoms with E-state index in [0.29, 0.717) is 12.1 Å². The van der Waals surface area contributed by atoms with E-state index in [9.17, 15) is 8.42 Å². The summed E-state index contributed by atoms with van der Waals surface area (Å²) >= 11 is 3.35. The summed E-state index contributed by atoms with van der Waals surface area (Å²) in [7, 11) is -3.36. The molecule has 0 saturated heterocycles. The average molecular weight is 355 g/mol. The molecule has 0 atom stereocenters. The van der Waals surface area contributed by atoms with Gasteiger partial charge in [0.1, 0.15) is 0 Å². The maximum Gasteiger partial charge on any atom is 0.233 e. The summed E-state index contributed by atoms with van der Waals surface area (Å²) in [5, 5.41) is 0. The monoisotopic (exact) mass is 354 g/mol. The number of sulfonamides is 1. The Labute approximate surface area is 127 Å². The van der Waals surface area contributed by atoms with Crippen molar-refractivity contribution in [3.63, 3.8) is 0 Å². The topological polar surface area (TPSA) is 59.1 Å². The van der Waals surface area contributed by atoms with E-state index < -0.39 is 10.0 Å². The van der Waals surface area contributed by atoms with Crippen LogP contribution in [-0.4, -0.2) is 19.2 Å². The van der Waals surface area contributed by atoms with Gasteiger partial charge in [-0.05, 0) is 54.8 Å². The van der Waals surface area contributed by atoms with Crippen molar-refractivity contribution < 1.29 is 8.42 Å². The molecule has 1 N–H and O–H groups in total. The van der Waals surface area contributed by atoms with Crippen LogP contribution in [0.3, 0.4) is 0 Å². The predicted octanol–water partition coefficient (Wildman–Crippen LogP) is 3.14. The van der Waals surface area contributed by atoms with Gasteiger partial charge in [-0.2, -0.15) is 0 Å². The van der Waals surface area contributed by atoms with Gasteiger partial charge in [0.05, 0.1) is 5.75 Å². The maximum atomic E-state index is 12.1. The highest BCUT2D eigenvalue weighted by Gasteiger charge is 2.11. The molecule has 0 aliphatic carbocycles. The predicted molar refractivity (Wildman–Crippen MR) is 84.2 cm³/mol. The minimum atomic E-state index is -3.36. The van der Waals surface area contributed by atoms with Crippen molar-refractivity contribution in [2.45, 2.75) is 13.3 Å². The van der Waals surface area contributed by atoms with Gasteiger partial charge in [-0.25, -0.2) is 8.42 Å². The van der Waals surface area contributed by atoms with Crippen LogP contribution in [0.5, 0.6) is 0 Å². The number of halogens is 1. The third-order valence-corrected chi connectivity index (χ3v) is 4.47. The quantitative estimate of drug-likeness (QED) is 0.897. The van der Waals surface area contributed by atoms with E-state index in [1.165, 1.54) is 0 Å². The molecule has 0 unspecified atom stereocenters. The number of rotatable bonds is 5. The van der Waals surface area contributed by atoms with Crippen molar-refractivity contribution in [2.75, 3.05) is 10.5 Å². The smallest absolute Gasteiger partial charge is 0.233 e. The van der Waals surface area contributed by atoms with E-state index in [1.54, 1.807) is 24.5 Å². The molecule has 1 heterocycles. The Hall–Kier alpha value is -1.40. The fourth-order valence-electron chi connectivity index (χ4n) is 1.83. The van der Waals surface area contributed by atoms with E-state index in [4.69, 9.17) is 0 Å². The number of aromatic nitrogens is 1. The Kier molecular flexibility index (Phi) is 4.77. The Morgan fingerprint density at radius 2 is 1.90 bits per heavy atom. The third kappa shape index (κ3) is 4.61. The van der Waals surface area contributed by atoms with Crippen molar-refractivity contribution in [2.24, 2.45) is 0 Å². The Bertz CT molecular complexity index is 667. The Morgan fingerprint density at radius 3 is 2.55 bits per heavy atom. The minimum Gasteiger partial charge on any atom is -0.283 e. The van der Waals surface area contributed by atoms with Crippen LogP contribution in [0.15, 0.2) is 47.2 Å². The molecule has 0 aliphatic rings. The molecule has 0 spiro atoms. The lowest BCUT2D eigenvalue weighted by Crippen LogP contribution is -2.18. The van der Waals surface area contributed by atoms with E-state index in [2.05, 4.69) is 25.6 Å². The first-order valence-corrected chi connectivity index (χ1v) is 8.56. The van der Waals surface area contributed by atoms with Crippen LogP contribution >= 0.6 is 15.9 Å². The molecule has 20 heavy (non-hydrogen) atoms. The number of nitrogens with zero attached hydrogens (tertiary/aromatic N) is 1. The number of nitrogens with one attached hydrogen (secondary N) is 1. The normalized spacial score (nSPS) is 11.3. The van der Waals surface area contributed by atoms with Crippen molar-refractivity contribution in [3.8, 4) is 0 Å². The lowest BCUT2D eigenvalue weighted by molar-refractivity contribution is 0.600. The van der Waals surface area contributed by atoms with Gasteiger partial charge in [-0.15, -0.1) is 0 Å². The van der Waals surface area contributed by atoms with Crippen molar-refractivity contribution in [1.29, 1.82) is 0 Å². The van der Waals surface area contributed by atoms with Crippen molar-refractivity contribution in [3.05, 3.63) is 58.3 Å². The van der Waals surface area contributed by atoms with E-state index in [1.807, 2.05) is 25.1 Å². The zero-order valence-electron chi connectivity index (χ0n) is 11.0. The number of pyridine rings is 1. The second-order valence-corrected chi connectivity index (χ2v) is 7.30.